The fraction of sp³-hybridized carbons (Fsp3) is 0.295. The highest BCUT2D eigenvalue weighted by Crippen LogP contribution is 2.36. The van der Waals surface area contributed by atoms with E-state index in [0.29, 0.717) is 17.8 Å². The highest BCUT2D eigenvalue weighted by atomic mass is 14.8. The number of aryl methyl sites for hydroxylation is 1. The molecule has 0 amide bonds. The van der Waals surface area contributed by atoms with E-state index in [1.54, 1.807) is 6.08 Å². The topological polar surface area (TPSA) is 12.4 Å². The van der Waals surface area contributed by atoms with E-state index in [-0.39, 0.29) is 0 Å². The van der Waals surface area contributed by atoms with Crippen LogP contribution in [0, 0.1) is 12.8 Å². The Morgan fingerprint density at radius 3 is 1.61 bits per heavy atom. The summed E-state index contributed by atoms with van der Waals surface area (Å²) in [6.07, 6.45) is 4.03. The molecule has 0 aliphatic rings. The lowest BCUT2D eigenvalue weighted by molar-refractivity contribution is 0.733. The van der Waals surface area contributed by atoms with Gasteiger partial charge in [-0.05, 0) is 140 Å². The third kappa shape index (κ3) is 14.4. The largest absolute Gasteiger partial charge is 0.252 e. The van der Waals surface area contributed by atoms with Crippen LogP contribution >= 0.6 is 0 Å². The van der Waals surface area contributed by atoms with Crippen molar-refractivity contribution in [2.24, 2.45) is 10.9 Å². The summed E-state index contributed by atoms with van der Waals surface area (Å²) in [7, 11) is 0. The van der Waals surface area contributed by atoms with Crippen molar-refractivity contribution in [1.29, 1.82) is 0 Å². The van der Waals surface area contributed by atoms with Crippen molar-refractivity contribution in [3.8, 4) is 0 Å². The lowest BCUT2D eigenvalue weighted by Gasteiger charge is -2.19. The Morgan fingerprint density at radius 2 is 1.10 bits per heavy atom. The summed E-state index contributed by atoms with van der Waals surface area (Å²) in [4.78, 5) is 5.08. The Morgan fingerprint density at radius 1 is 0.581 bits per heavy atom. The Kier molecular flexibility index (Phi) is 21.1. The van der Waals surface area contributed by atoms with Gasteiger partial charge >= 0.3 is 0 Å². The number of benzene rings is 6. The van der Waals surface area contributed by atoms with Crippen LogP contribution in [0.25, 0.3) is 33.2 Å². The highest BCUT2D eigenvalue weighted by Gasteiger charge is 2.16. The minimum absolute atomic E-state index is 0.431. The third-order valence-electron chi connectivity index (χ3n) is 11.6. The average Bonchev–Trinajstić information content (AvgIpc) is 3.29. The molecule has 0 aliphatic carbocycles. The van der Waals surface area contributed by atoms with E-state index in [1.807, 2.05) is 19.9 Å². The molecular formula is C61H75N. The first kappa shape index (κ1) is 50.6. The quantitative estimate of drug-likeness (QED) is 0.0701. The first-order chi connectivity index (χ1) is 29.7. The molecule has 0 heterocycles. The SMILES string of the molecule is C/C(=C(/C)c1ccc2ccccc2c1C(C)C)c1ccccc1C.C=C(C)c1ccc(C(C)CC)cc1.C=CC.CCC(C)C(=NC(=C(C)C)c1ccccc1)c1ccccc1. The van der Waals surface area contributed by atoms with Gasteiger partial charge in [-0.3, -0.25) is 4.99 Å². The van der Waals surface area contributed by atoms with Gasteiger partial charge in [0, 0.05) is 5.56 Å². The predicted octanol–water partition coefficient (Wildman–Crippen LogP) is 18.6. The summed E-state index contributed by atoms with van der Waals surface area (Å²) < 4.78 is 0. The van der Waals surface area contributed by atoms with Crippen molar-refractivity contribution < 1.29 is 0 Å². The Labute approximate surface area is 377 Å². The summed E-state index contributed by atoms with van der Waals surface area (Å²) >= 11 is 0. The summed E-state index contributed by atoms with van der Waals surface area (Å²) in [5.74, 6) is 1.59. The zero-order chi connectivity index (χ0) is 45.8. The second kappa shape index (κ2) is 25.9. The van der Waals surface area contributed by atoms with Gasteiger partial charge in [-0.2, -0.15) is 0 Å². The normalized spacial score (nSPS) is 12.3. The molecule has 0 bridgehead atoms. The van der Waals surface area contributed by atoms with Crippen LogP contribution in [0.1, 0.15) is 152 Å². The number of fused-ring (bicyclic) bond motifs is 1. The molecule has 2 atom stereocenters. The fourth-order valence-corrected chi connectivity index (χ4v) is 7.42. The first-order valence-electron chi connectivity index (χ1n) is 22.7. The molecule has 62 heavy (non-hydrogen) atoms. The Hall–Kier alpha value is -5.79. The molecule has 324 valence electrons. The van der Waals surface area contributed by atoms with Crippen LogP contribution in [0.5, 0.6) is 0 Å². The summed E-state index contributed by atoms with van der Waals surface area (Å²) in [6, 6.07) is 51.6. The van der Waals surface area contributed by atoms with Crippen molar-refractivity contribution in [3.63, 3.8) is 0 Å². The zero-order valence-electron chi connectivity index (χ0n) is 40.4. The van der Waals surface area contributed by atoms with Gasteiger partial charge in [0.25, 0.3) is 0 Å². The first-order valence-corrected chi connectivity index (χ1v) is 22.7. The summed E-state index contributed by atoms with van der Waals surface area (Å²) in [5.41, 5.74) is 17.9. The molecule has 6 aromatic rings. The number of hydrogen-bond acceptors (Lipinski definition) is 1. The third-order valence-corrected chi connectivity index (χ3v) is 11.6. The van der Waals surface area contributed by atoms with Gasteiger partial charge in [-0.15, -0.1) is 6.58 Å². The maximum absolute atomic E-state index is 5.08. The molecule has 0 aromatic heterocycles. The van der Waals surface area contributed by atoms with Crippen LogP contribution in [-0.4, -0.2) is 5.71 Å². The van der Waals surface area contributed by atoms with E-state index in [0.717, 1.165) is 17.7 Å². The molecule has 0 radical (unpaired) electrons. The van der Waals surface area contributed by atoms with Gasteiger partial charge in [0.2, 0.25) is 0 Å². The number of rotatable bonds is 11. The molecule has 0 aliphatic heterocycles. The lowest BCUT2D eigenvalue weighted by atomic mass is 9.85. The molecule has 6 aromatic carbocycles. The van der Waals surface area contributed by atoms with E-state index in [2.05, 4.69) is 229 Å². The minimum atomic E-state index is 0.431. The van der Waals surface area contributed by atoms with E-state index in [1.165, 1.54) is 84.1 Å². The van der Waals surface area contributed by atoms with E-state index >= 15 is 0 Å². The summed E-state index contributed by atoms with van der Waals surface area (Å²) in [6.45, 7) is 35.7. The zero-order valence-corrected chi connectivity index (χ0v) is 40.4. The summed E-state index contributed by atoms with van der Waals surface area (Å²) in [5, 5.41) is 2.70. The van der Waals surface area contributed by atoms with Crippen molar-refractivity contribution in [3.05, 3.63) is 215 Å². The van der Waals surface area contributed by atoms with Crippen LogP contribution in [0.2, 0.25) is 0 Å². The van der Waals surface area contributed by atoms with Crippen molar-refractivity contribution in [2.45, 2.75) is 115 Å². The van der Waals surface area contributed by atoms with Crippen LogP contribution in [0.4, 0.5) is 0 Å². The van der Waals surface area contributed by atoms with Gasteiger partial charge in [0.1, 0.15) is 0 Å². The second-order valence-corrected chi connectivity index (χ2v) is 17.0. The number of allylic oxidation sites excluding steroid dienone is 5. The average molecular weight is 822 g/mol. The highest BCUT2D eigenvalue weighted by molar-refractivity contribution is 6.05. The standard InChI is InChI=1S/C24H26.C21H25N.C13H18.C3H6/c1-16(2)24-22(15-14-20-11-7-9-13-23(20)24)19(5)18(4)21-12-8-6-10-17(21)3;1-5-17(4)21(19-14-10-7-11-15-19)22-20(16(2)3)18-12-8-6-9-13-18;1-5-11(4)13-8-6-12(7-9-13)10(2)3;1-3-2/h6-16H,1-5H3;6-15,17H,5H2,1-4H3;6-9,11H,2,5H2,1,3-4H3;3H,1H2,2H3/b19-18+;;;. The Balaban J connectivity index is 0.000000249. The smallest absolute Gasteiger partial charge is 0.0692 e. The molecule has 0 N–H and O–H groups in total. The van der Waals surface area contributed by atoms with Gasteiger partial charge in [0.15, 0.2) is 0 Å². The van der Waals surface area contributed by atoms with Crippen molar-refractivity contribution in [2.75, 3.05) is 0 Å². The maximum atomic E-state index is 5.08. The van der Waals surface area contributed by atoms with Crippen LogP contribution in [0.15, 0.2) is 175 Å². The van der Waals surface area contributed by atoms with Gasteiger partial charge in [-0.1, -0.05) is 211 Å². The monoisotopic (exact) mass is 822 g/mol. The Bertz CT molecular complexity index is 2400. The maximum Gasteiger partial charge on any atom is 0.0692 e. The molecule has 1 heteroatoms. The molecule has 1 nitrogen and oxygen atoms in total. The molecule has 0 saturated carbocycles. The number of aliphatic imine (C=N–C) groups is 1. The fourth-order valence-electron chi connectivity index (χ4n) is 7.42. The molecule has 0 fully saturated rings. The van der Waals surface area contributed by atoms with Crippen LogP contribution in [-0.2, 0) is 0 Å². The predicted molar refractivity (Wildman–Crippen MR) is 280 cm³/mol. The van der Waals surface area contributed by atoms with Gasteiger partial charge in [0.05, 0.1) is 11.4 Å². The molecule has 0 spiro atoms. The van der Waals surface area contributed by atoms with Gasteiger partial charge < -0.3 is 0 Å². The van der Waals surface area contributed by atoms with E-state index < -0.39 is 0 Å². The lowest BCUT2D eigenvalue weighted by Crippen LogP contribution is -2.12. The molecule has 0 saturated heterocycles. The molecular weight excluding hydrogens is 747 g/mol. The number of hydrogen-bond donors (Lipinski definition) is 0. The molecule has 2 unspecified atom stereocenters. The second-order valence-electron chi connectivity index (χ2n) is 17.0. The molecule has 6 rings (SSSR count). The van der Waals surface area contributed by atoms with Crippen molar-refractivity contribution in [1.82, 2.24) is 0 Å². The van der Waals surface area contributed by atoms with Crippen molar-refractivity contribution >= 4 is 38.9 Å². The van der Waals surface area contributed by atoms with Crippen LogP contribution < -0.4 is 0 Å². The number of nitrogens with zero attached hydrogens (tertiary/aromatic N) is 1. The van der Waals surface area contributed by atoms with Crippen LogP contribution in [0.3, 0.4) is 0 Å². The van der Waals surface area contributed by atoms with Gasteiger partial charge in [-0.25, -0.2) is 0 Å². The van der Waals surface area contributed by atoms with E-state index in [9.17, 15) is 0 Å². The van der Waals surface area contributed by atoms with E-state index in [4.69, 9.17) is 4.99 Å². The minimum Gasteiger partial charge on any atom is -0.252 e.